The fourth-order valence-electron chi connectivity index (χ4n) is 3.14. The third-order valence-electron chi connectivity index (χ3n) is 4.72. The van der Waals surface area contributed by atoms with Crippen molar-refractivity contribution in [3.63, 3.8) is 0 Å². The molecular formula is C20H25Cl2K2N3O5SSi. The van der Waals surface area contributed by atoms with Crippen LogP contribution >= 0.6 is 35.4 Å². The standard InChI is InChI=1S/C19H25Cl2N3O2SSi.CH2O3.2K/c1-28(2,3)7-6-25-12-26-16-5-4-15(20)19(21)18(16)13-8-17(27)24(11-13)14-9-22-23-10-14;2-1(3)4;;/h4-5,9-10,13H,6-8,11-12H2,1-3H3,(H,22,23);(H2,2,3,4);;/q;;2*+1/p-2/t13-;;;/m0.../s1. The number of carbonyl (C=O) groups is 1. The summed E-state index contributed by atoms with van der Waals surface area (Å²) in [5.74, 6) is 0.787. The molecule has 0 spiro atoms. The van der Waals surface area contributed by atoms with Gasteiger partial charge < -0.3 is 29.4 Å². The Bertz CT molecular complexity index is 932. The van der Waals surface area contributed by atoms with Gasteiger partial charge in [-0.15, -0.1) is 0 Å². The molecule has 0 bridgehead atoms. The Labute approximate surface area is 301 Å². The van der Waals surface area contributed by atoms with Crippen molar-refractivity contribution in [3.05, 3.63) is 40.1 Å². The summed E-state index contributed by atoms with van der Waals surface area (Å²) in [4.78, 5) is 11.2. The molecule has 14 heteroatoms. The fraction of sp³-hybridized carbons (Fsp3) is 0.450. The Kier molecular flexibility index (Phi) is 17.8. The summed E-state index contributed by atoms with van der Waals surface area (Å²) in [7, 11) is -1.12. The van der Waals surface area contributed by atoms with Crippen molar-refractivity contribution in [3.8, 4) is 5.75 Å². The van der Waals surface area contributed by atoms with Gasteiger partial charge in [0.15, 0.2) is 6.79 Å². The van der Waals surface area contributed by atoms with E-state index in [-0.39, 0.29) is 115 Å². The van der Waals surface area contributed by atoms with Crippen LogP contribution in [0.2, 0.25) is 35.7 Å². The van der Waals surface area contributed by atoms with E-state index < -0.39 is 14.2 Å². The third-order valence-corrected chi connectivity index (χ3v) is 7.63. The van der Waals surface area contributed by atoms with E-state index in [2.05, 4.69) is 34.7 Å². The van der Waals surface area contributed by atoms with Crippen LogP contribution in [0.15, 0.2) is 24.5 Å². The first-order valence-corrected chi connectivity index (χ1v) is 14.7. The number of aromatic nitrogens is 2. The van der Waals surface area contributed by atoms with Gasteiger partial charge in [0.2, 0.25) is 0 Å². The molecule has 8 nitrogen and oxygen atoms in total. The zero-order valence-corrected chi connectivity index (χ0v) is 29.6. The van der Waals surface area contributed by atoms with Gasteiger partial charge in [0.25, 0.3) is 0 Å². The summed E-state index contributed by atoms with van der Waals surface area (Å²) in [5.41, 5.74) is 1.83. The van der Waals surface area contributed by atoms with Gasteiger partial charge in [-0.1, -0.05) is 55.1 Å². The molecular weight excluding hydrogens is 571 g/mol. The van der Waals surface area contributed by atoms with Gasteiger partial charge >= 0.3 is 103 Å². The number of thiocarbonyl (C=S) groups is 1. The molecule has 0 radical (unpaired) electrons. The summed E-state index contributed by atoms with van der Waals surface area (Å²) in [6.07, 6.45) is 1.96. The smallest absolute Gasteiger partial charge is 0.652 e. The fourth-order valence-corrected chi connectivity index (χ4v) is 4.75. The van der Waals surface area contributed by atoms with Crippen LogP contribution in [0.25, 0.3) is 0 Å². The number of benzene rings is 1. The van der Waals surface area contributed by atoms with E-state index in [4.69, 9.17) is 59.9 Å². The molecule has 0 unspecified atom stereocenters. The van der Waals surface area contributed by atoms with E-state index in [9.17, 15) is 0 Å². The SMILES string of the molecule is C[Si](C)(C)CCOCOc1ccc(Cl)c(Cl)c1[C@H]1CC(=S)N(c2cn[nH]c2)C1.O=C([O-])[O-].[K+].[K+]. The maximum atomic E-state index is 8.33. The molecule has 1 saturated heterocycles. The number of nitrogens with one attached hydrogen (secondary N) is 1. The normalized spacial score (nSPS) is 15.0. The Balaban J connectivity index is 0.00000168. The zero-order chi connectivity index (χ0) is 23.9. The van der Waals surface area contributed by atoms with Gasteiger partial charge in [0, 0.05) is 45.3 Å². The molecule has 1 aromatic carbocycles. The number of rotatable bonds is 8. The zero-order valence-electron chi connectivity index (χ0n) is 20.0. The van der Waals surface area contributed by atoms with Gasteiger partial charge in [-0.25, -0.2) is 0 Å². The Hall–Kier alpha value is 1.42. The molecule has 0 aliphatic carbocycles. The summed E-state index contributed by atoms with van der Waals surface area (Å²) in [6.45, 7) is 8.56. The van der Waals surface area contributed by atoms with Crippen molar-refractivity contribution >= 4 is 60.3 Å². The largest absolute Gasteiger partial charge is 1.00 e. The van der Waals surface area contributed by atoms with Crippen molar-refractivity contribution in [1.29, 1.82) is 0 Å². The second-order valence-corrected chi connectivity index (χ2v) is 15.2. The van der Waals surface area contributed by atoms with Crippen molar-refractivity contribution in [2.24, 2.45) is 0 Å². The quantitative estimate of drug-likeness (QED) is 0.152. The second kappa shape index (κ2) is 17.1. The number of hydrogen-bond acceptors (Lipinski definition) is 7. The van der Waals surface area contributed by atoms with Gasteiger partial charge in [0.1, 0.15) is 5.75 Å². The summed E-state index contributed by atoms with van der Waals surface area (Å²) in [6, 6.07) is 4.71. The van der Waals surface area contributed by atoms with Crippen molar-refractivity contribution < 1.29 is 127 Å². The van der Waals surface area contributed by atoms with E-state index in [1.807, 2.05) is 12.3 Å². The van der Waals surface area contributed by atoms with E-state index in [0.29, 0.717) is 35.4 Å². The average Bonchev–Trinajstić information content (AvgIpc) is 3.32. The number of hydrogen-bond donors (Lipinski definition) is 1. The molecule has 0 saturated carbocycles. The molecule has 2 heterocycles. The molecule has 34 heavy (non-hydrogen) atoms. The van der Waals surface area contributed by atoms with Crippen LogP contribution in [0.4, 0.5) is 10.5 Å². The summed E-state index contributed by atoms with van der Waals surface area (Å²) in [5, 5.41) is 24.5. The molecule has 1 atom stereocenters. The van der Waals surface area contributed by atoms with Crippen LogP contribution in [0, 0.1) is 0 Å². The Morgan fingerprint density at radius 1 is 1.29 bits per heavy atom. The second-order valence-electron chi connectivity index (χ2n) is 8.37. The number of halogens is 2. The molecule has 2 aromatic rings. The maximum Gasteiger partial charge on any atom is 1.00 e. The molecule has 1 aromatic heterocycles. The van der Waals surface area contributed by atoms with E-state index >= 15 is 0 Å². The topological polar surface area (TPSA) is 114 Å². The minimum Gasteiger partial charge on any atom is -0.652 e. The summed E-state index contributed by atoms with van der Waals surface area (Å²) >= 11 is 18.5. The van der Waals surface area contributed by atoms with Gasteiger partial charge in [0.05, 0.1) is 26.9 Å². The van der Waals surface area contributed by atoms with Crippen LogP contribution in [0.3, 0.4) is 0 Å². The number of nitrogens with zero attached hydrogens (tertiary/aromatic N) is 2. The molecule has 1 N–H and O–H groups in total. The minimum absolute atomic E-state index is 0. The van der Waals surface area contributed by atoms with Crippen LogP contribution in [-0.4, -0.2) is 49.4 Å². The van der Waals surface area contributed by atoms with Gasteiger partial charge in [-0.05, 0) is 24.3 Å². The molecule has 1 aliphatic rings. The number of H-pyrrole nitrogens is 1. The van der Waals surface area contributed by atoms with Gasteiger partial charge in [-0.2, -0.15) is 5.10 Å². The minimum atomic E-state index is -2.33. The van der Waals surface area contributed by atoms with Crippen molar-refractivity contribution in [2.75, 3.05) is 24.8 Å². The third kappa shape index (κ3) is 11.9. The monoisotopic (exact) mass is 595 g/mol. The Morgan fingerprint density at radius 3 is 2.50 bits per heavy atom. The van der Waals surface area contributed by atoms with Crippen LogP contribution in [0.1, 0.15) is 17.9 Å². The van der Waals surface area contributed by atoms with Gasteiger partial charge in [-0.3, -0.25) is 5.10 Å². The maximum absolute atomic E-state index is 8.33. The molecule has 3 rings (SSSR count). The average molecular weight is 597 g/mol. The molecule has 0 amide bonds. The predicted molar refractivity (Wildman–Crippen MR) is 127 cm³/mol. The number of carboxylic acid groups (broad SMARTS) is 2. The molecule has 1 aliphatic heterocycles. The first kappa shape index (κ1) is 35.4. The van der Waals surface area contributed by atoms with Crippen LogP contribution < -0.4 is 123 Å². The summed E-state index contributed by atoms with van der Waals surface area (Å²) < 4.78 is 11.6. The first-order valence-electron chi connectivity index (χ1n) is 9.85. The number of carbonyl (C=O) groups excluding carboxylic acids is 1. The van der Waals surface area contributed by atoms with E-state index in [1.54, 1.807) is 12.3 Å². The number of aromatic amines is 1. The van der Waals surface area contributed by atoms with Crippen molar-refractivity contribution in [2.45, 2.75) is 38.0 Å². The van der Waals surface area contributed by atoms with Crippen molar-refractivity contribution in [1.82, 2.24) is 10.2 Å². The van der Waals surface area contributed by atoms with E-state index in [1.165, 1.54) is 0 Å². The molecule has 1 fully saturated rings. The number of ether oxygens (including phenoxy) is 2. The van der Waals surface area contributed by atoms with Crippen LogP contribution in [0.5, 0.6) is 5.75 Å². The molecule has 176 valence electrons. The predicted octanol–water partition coefficient (Wildman–Crippen LogP) is -2.71. The van der Waals surface area contributed by atoms with Crippen LogP contribution in [-0.2, 0) is 4.74 Å². The number of anilines is 1. The first-order chi connectivity index (χ1) is 15.0. The van der Waals surface area contributed by atoms with E-state index in [0.717, 1.165) is 22.3 Å². The Morgan fingerprint density at radius 2 is 1.94 bits per heavy atom.